The molecule has 1 aromatic heterocycles. The molecule has 0 amide bonds. The lowest BCUT2D eigenvalue weighted by Gasteiger charge is -2.25. The molecule has 1 aliphatic carbocycles. The fraction of sp³-hybridized carbons (Fsp3) is 0.318. The van der Waals surface area contributed by atoms with Crippen molar-refractivity contribution < 1.29 is 13.9 Å². The molecule has 1 aliphatic rings. The molecule has 1 unspecified atom stereocenters. The van der Waals surface area contributed by atoms with Crippen molar-refractivity contribution in [2.75, 3.05) is 7.11 Å². The molecule has 4 rings (SSSR count). The first-order valence-electron chi connectivity index (χ1n) is 9.19. The quantitative estimate of drug-likeness (QED) is 0.558. The van der Waals surface area contributed by atoms with Gasteiger partial charge in [-0.15, -0.1) is 0 Å². The Hall–Kier alpha value is -2.33. The van der Waals surface area contributed by atoms with Gasteiger partial charge in [-0.1, -0.05) is 35.9 Å². The van der Waals surface area contributed by atoms with Gasteiger partial charge in [0.05, 0.1) is 19.0 Å². The highest BCUT2D eigenvalue weighted by Crippen LogP contribution is 2.41. The van der Waals surface area contributed by atoms with Gasteiger partial charge >= 0.3 is 5.97 Å². The summed E-state index contributed by atoms with van der Waals surface area (Å²) in [4.78, 5) is 12.0. The highest BCUT2D eigenvalue weighted by Gasteiger charge is 2.30. The fourth-order valence-corrected chi connectivity index (χ4v) is 4.39. The van der Waals surface area contributed by atoms with E-state index >= 15 is 0 Å². The van der Waals surface area contributed by atoms with Gasteiger partial charge in [-0.25, -0.2) is 4.39 Å². The molecular formula is C22H21ClFNO2. The van der Waals surface area contributed by atoms with Gasteiger partial charge in [0, 0.05) is 28.6 Å². The lowest BCUT2D eigenvalue weighted by Crippen LogP contribution is -2.18. The van der Waals surface area contributed by atoms with E-state index in [1.165, 1.54) is 18.7 Å². The second-order valence-corrected chi connectivity index (χ2v) is 7.52. The van der Waals surface area contributed by atoms with Gasteiger partial charge in [0.2, 0.25) is 0 Å². The van der Waals surface area contributed by atoms with E-state index in [2.05, 4.69) is 4.57 Å². The summed E-state index contributed by atoms with van der Waals surface area (Å²) in [5, 5.41) is 1.63. The first kappa shape index (κ1) is 18.1. The Morgan fingerprint density at radius 1 is 1.26 bits per heavy atom. The fourth-order valence-electron chi connectivity index (χ4n) is 4.27. The van der Waals surface area contributed by atoms with Crippen LogP contribution in [0, 0.1) is 5.82 Å². The Kier molecular flexibility index (Phi) is 4.92. The summed E-state index contributed by atoms with van der Waals surface area (Å²) in [6.07, 6.45) is 3.12. The number of methoxy groups -OCH3 is 1. The van der Waals surface area contributed by atoms with Crippen molar-refractivity contribution in [1.29, 1.82) is 0 Å². The number of halogens is 2. The number of fused-ring (bicyclic) bond motifs is 3. The smallest absolute Gasteiger partial charge is 0.306 e. The lowest BCUT2D eigenvalue weighted by atomic mass is 9.84. The van der Waals surface area contributed by atoms with Crippen LogP contribution in [0.4, 0.5) is 4.39 Å². The molecule has 3 nitrogen and oxygen atoms in total. The number of esters is 1. The first-order valence-corrected chi connectivity index (χ1v) is 9.57. The molecule has 1 heterocycles. The maximum atomic E-state index is 14.8. The Morgan fingerprint density at radius 2 is 2.04 bits per heavy atom. The third-order valence-corrected chi connectivity index (χ3v) is 5.69. The number of hydrogen-bond donors (Lipinski definition) is 0. The summed E-state index contributed by atoms with van der Waals surface area (Å²) in [5.74, 6) is -0.412. The molecule has 0 spiro atoms. The molecule has 140 valence electrons. The average Bonchev–Trinajstić information content (AvgIpc) is 2.99. The van der Waals surface area contributed by atoms with Crippen molar-refractivity contribution in [2.24, 2.45) is 0 Å². The molecule has 5 heteroatoms. The molecule has 3 aromatic rings. The number of benzene rings is 2. The molecule has 1 atom stereocenters. The van der Waals surface area contributed by atoms with Crippen LogP contribution in [0.2, 0.25) is 5.02 Å². The van der Waals surface area contributed by atoms with Crippen LogP contribution < -0.4 is 0 Å². The van der Waals surface area contributed by atoms with Crippen LogP contribution in [-0.2, 0) is 22.5 Å². The number of carbonyl (C=O) groups is 1. The van der Waals surface area contributed by atoms with Crippen LogP contribution in [0.15, 0.2) is 42.5 Å². The number of aryl methyl sites for hydroxylation is 1. The van der Waals surface area contributed by atoms with E-state index in [0.29, 0.717) is 23.5 Å². The number of para-hydroxylation sites is 1. The van der Waals surface area contributed by atoms with Gasteiger partial charge in [0.15, 0.2) is 0 Å². The third-order valence-electron chi connectivity index (χ3n) is 5.44. The maximum Gasteiger partial charge on any atom is 0.306 e. The molecule has 0 saturated carbocycles. The van der Waals surface area contributed by atoms with Gasteiger partial charge in [-0.2, -0.15) is 0 Å². The summed E-state index contributed by atoms with van der Waals surface area (Å²) in [7, 11) is 1.41. The van der Waals surface area contributed by atoms with Gasteiger partial charge < -0.3 is 9.30 Å². The molecule has 27 heavy (non-hydrogen) atoms. The van der Waals surface area contributed by atoms with Gasteiger partial charge in [0.1, 0.15) is 5.82 Å². The Balaban J connectivity index is 1.88. The summed E-state index contributed by atoms with van der Waals surface area (Å²) in [6, 6.07) is 12.8. The van der Waals surface area contributed by atoms with Crippen molar-refractivity contribution in [3.05, 3.63) is 70.1 Å². The van der Waals surface area contributed by atoms with Crippen molar-refractivity contribution in [3.63, 3.8) is 0 Å². The molecular weight excluding hydrogens is 365 g/mol. The van der Waals surface area contributed by atoms with Gasteiger partial charge in [-0.3, -0.25) is 4.79 Å². The molecule has 0 bridgehead atoms. The number of carbonyl (C=O) groups excluding carboxylic acids is 1. The van der Waals surface area contributed by atoms with Crippen molar-refractivity contribution in [3.8, 4) is 0 Å². The second-order valence-electron chi connectivity index (χ2n) is 7.08. The van der Waals surface area contributed by atoms with Crippen molar-refractivity contribution in [1.82, 2.24) is 4.57 Å². The minimum Gasteiger partial charge on any atom is -0.469 e. The molecule has 0 N–H and O–H groups in total. The zero-order valence-corrected chi connectivity index (χ0v) is 15.9. The second kappa shape index (κ2) is 7.35. The van der Waals surface area contributed by atoms with Crippen LogP contribution in [0.3, 0.4) is 0 Å². The number of aromatic nitrogens is 1. The Morgan fingerprint density at radius 3 is 2.78 bits per heavy atom. The molecule has 0 fully saturated rings. The first-order chi connectivity index (χ1) is 13.1. The highest BCUT2D eigenvalue weighted by atomic mass is 35.5. The SMILES string of the molecule is COC(=O)CC1CCCc2c1n(Cc1ccc(Cl)cc1)c1c(F)cccc21. The minimum absolute atomic E-state index is 0.0419. The van der Waals surface area contributed by atoms with Crippen LogP contribution in [0.5, 0.6) is 0 Å². The van der Waals surface area contributed by atoms with Crippen LogP contribution in [-0.4, -0.2) is 17.6 Å². The third kappa shape index (κ3) is 3.34. The lowest BCUT2D eigenvalue weighted by molar-refractivity contribution is -0.141. The normalized spacial score (nSPS) is 16.3. The van der Waals surface area contributed by atoms with E-state index in [-0.39, 0.29) is 17.7 Å². The maximum absolute atomic E-state index is 14.8. The zero-order valence-electron chi connectivity index (χ0n) is 15.2. The molecule has 0 aliphatic heterocycles. The van der Waals surface area contributed by atoms with Crippen molar-refractivity contribution in [2.45, 2.75) is 38.1 Å². The van der Waals surface area contributed by atoms with E-state index < -0.39 is 0 Å². The molecule has 0 saturated heterocycles. The summed E-state index contributed by atoms with van der Waals surface area (Å²) >= 11 is 6.01. The molecule has 2 aromatic carbocycles. The van der Waals surface area contributed by atoms with Crippen LogP contribution in [0.1, 0.15) is 42.0 Å². The van der Waals surface area contributed by atoms with E-state index in [1.54, 1.807) is 6.07 Å². The Bertz CT molecular complexity index is 994. The average molecular weight is 386 g/mol. The van der Waals surface area contributed by atoms with Gasteiger partial charge in [-0.05, 0) is 48.6 Å². The van der Waals surface area contributed by atoms with E-state index in [4.69, 9.17) is 16.3 Å². The largest absolute Gasteiger partial charge is 0.469 e. The summed E-state index contributed by atoms with van der Waals surface area (Å²) in [6.45, 7) is 0.543. The number of nitrogens with zero attached hydrogens (tertiary/aromatic N) is 1. The zero-order chi connectivity index (χ0) is 19.0. The Labute approximate surface area is 162 Å². The summed E-state index contributed by atoms with van der Waals surface area (Å²) < 4.78 is 21.8. The topological polar surface area (TPSA) is 31.2 Å². The van der Waals surface area contributed by atoms with E-state index in [0.717, 1.165) is 35.9 Å². The predicted octanol–water partition coefficient (Wildman–Crippen LogP) is 5.47. The number of rotatable bonds is 4. The molecule has 0 radical (unpaired) electrons. The monoisotopic (exact) mass is 385 g/mol. The standard InChI is InChI=1S/C22H21ClFNO2/c1-27-20(26)12-15-4-2-5-17-18-6-3-7-19(24)22(18)25(21(15)17)13-14-8-10-16(23)11-9-14/h3,6-11,15H,2,4-5,12-13H2,1H3. The highest BCUT2D eigenvalue weighted by molar-refractivity contribution is 6.30. The number of hydrogen-bond acceptors (Lipinski definition) is 2. The predicted molar refractivity (Wildman–Crippen MR) is 105 cm³/mol. The minimum atomic E-state index is -0.229. The van der Waals surface area contributed by atoms with E-state index in [1.807, 2.05) is 30.3 Å². The van der Waals surface area contributed by atoms with Crippen molar-refractivity contribution >= 4 is 28.5 Å². The van der Waals surface area contributed by atoms with Crippen LogP contribution in [0.25, 0.3) is 10.9 Å². The number of ether oxygens (including phenoxy) is 1. The van der Waals surface area contributed by atoms with Gasteiger partial charge in [0.25, 0.3) is 0 Å². The van der Waals surface area contributed by atoms with E-state index in [9.17, 15) is 9.18 Å². The van der Waals surface area contributed by atoms with Crippen LogP contribution >= 0.6 is 11.6 Å². The summed E-state index contributed by atoms with van der Waals surface area (Å²) in [5.41, 5.74) is 3.90.